The summed E-state index contributed by atoms with van der Waals surface area (Å²) in [5, 5.41) is 3.69. The van der Waals surface area contributed by atoms with Crippen LogP contribution in [0.15, 0.2) is 11.6 Å². The molecule has 1 fully saturated rings. The van der Waals surface area contributed by atoms with Crippen LogP contribution in [0, 0.1) is 17.8 Å². The largest absolute Gasteiger partial charge is 0.378 e. The minimum atomic E-state index is 0.206. The van der Waals surface area contributed by atoms with Crippen molar-refractivity contribution in [1.29, 1.82) is 0 Å². The summed E-state index contributed by atoms with van der Waals surface area (Å²) >= 11 is 0. The third-order valence-corrected chi connectivity index (χ3v) is 4.68. The standard InChI is InChI=1S/C18H33NO/c1-13-9-14(2)11-16(10-13)17-15(7-6-8-20-17)12-19-18(3,4)5/h9,13,15-17,19H,6-8,10-12H2,1-5H3. The van der Waals surface area contributed by atoms with Crippen LogP contribution in [0.5, 0.6) is 0 Å². The van der Waals surface area contributed by atoms with Gasteiger partial charge in [0.05, 0.1) is 6.10 Å². The van der Waals surface area contributed by atoms with Crippen LogP contribution in [-0.2, 0) is 4.74 Å². The molecule has 0 bridgehead atoms. The van der Waals surface area contributed by atoms with E-state index in [4.69, 9.17) is 4.74 Å². The maximum absolute atomic E-state index is 6.22. The molecule has 4 unspecified atom stereocenters. The molecule has 0 aromatic rings. The molecular formula is C18H33NO. The van der Waals surface area contributed by atoms with Gasteiger partial charge in [0.1, 0.15) is 0 Å². The second-order valence-corrected chi connectivity index (χ2v) is 8.06. The lowest BCUT2D eigenvalue weighted by molar-refractivity contribution is -0.0660. The van der Waals surface area contributed by atoms with Crippen molar-refractivity contribution in [3.8, 4) is 0 Å². The normalized spacial score (nSPS) is 35.8. The van der Waals surface area contributed by atoms with Gasteiger partial charge in [-0.2, -0.15) is 0 Å². The monoisotopic (exact) mass is 279 g/mol. The molecule has 116 valence electrons. The molecule has 0 aromatic heterocycles. The molecule has 0 saturated carbocycles. The van der Waals surface area contributed by atoms with E-state index in [0.717, 1.165) is 25.0 Å². The van der Waals surface area contributed by atoms with E-state index in [-0.39, 0.29) is 5.54 Å². The summed E-state index contributed by atoms with van der Waals surface area (Å²) < 4.78 is 6.22. The Morgan fingerprint density at radius 3 is 2.75 bits per heavy atom. The molecule has 2 heteroatoms. The fraction of sp³-hybridized carbons (Fsp3) is 0.889. The number of rotatable bonds is 3. The zero-order chi connectivity index (χ0) is 14.8. The van der Waals surface area contributed by atoms with Crippen molar-refractivity contribution in [2.75, 3.05) is 13.2 Å². The van der Waals surface area contributed by atoms with Crippen molar-refractivity contribution >= 4 is 0 Å². The van der Waals surface area contributed by atoms with Crippen LogP contribution in [0.3, 0.4) is 0 Å². The maximum atomic E-state index is 6.22. The Bertz CT molecular complexity index is 342. The lowest BCUT2D eigenvalue weighted by Crippen LogP contribution is -2.46. The van der Waals surface area contributed by atoms with Crippen molar-refractivity contribution < 1.29 is 4.74 Å². The highest BCUT2D eigenvalue weighted by Crippen LogP contribution is 2.37. The number of nitrogens with one attached hydrogen (secondary N) is 1. The van der Waals surface area contributed by atoms with Crippen molar-refractivity contribution in [1.82, 2.24) is 5.32 Å². The highest BCUT2D eigenvalue weighted by molar-refractivity contribution is 5.08. The van der Waals surface area contributed by atoms with Crippen molar-refractivity contribution in [2.45, 2.75) is 71.9 Å². The summed E-state index contributed by atoms with van der Waals surface area (Å²) in [6, 6.07) is 0. The maximum Gasteiger partial charge on any atom is 0.0646 e. The predicted octanol–water partition coefficient (Wildman–Crippen LogP) is 4.16. The first-order chi connectivity index (χ1) is 9.35. The van der Waals surface area contributed by atoms with Crippen molar-refractivity contribution in [3.05, 3.63) is 11.6 Å². The third kappa shape index (κ3) is 4.60. The molecule has 0 amide bonds. The number of allylic oxidation sites excluding steroid dienone is 2. The van der Waals surface area contributed by atoms with Crippen molar-refractivity contribution in [2.24, 2.45) is 17.8 Å². The smallest absolute Gasteiger partial charge is 0.0646 e. The molecule has 1 saturated heterocycles. The summed E-state index contributed by atoms with van der Waals surface area (Å²) in [5.74, 6) is 2.13. The Kier molecular flexibility index (Phi) is 5.30. The van der Waals surface area contributed by atoms with E-state index in [9.17, 15) is 0 Å². The molecule has 2 nitrogen and oxygen atoms in total. The van der Waals surface area contributed by atoms with Gasteiger partial charge in [-0.3, -0.25) is 0 Å². The van der Waals surface area contributed by atoms with Crippen LogP contribution in [0.2, 0.25) is 0 Å². The fourth-order valence-electron chi connectivity index (χ4n) is 3.89. The van der Waals surface area contributed by atoms with E-state index in [1.807, 2.05) is 0 Å². The van der Waals surface area contributed by atoms with Crippen LogP contribution >= 0.6 is 0 Å². The van der Waals surface area contributed by atoms with Crippen LogP contribution in [-0.4, -0.2) is 24.8 Å². The van der Waals surface area contributed by atoms with Gasteiger partial charge in [0.15, 0.2) is 0 Å². The topological polar surface area (TPSA) is 21.3 Å². The summed E-state index contributed by atoms with van der Waals surface area (Å²) in [5.41, 5.74) is 1.77. The molecule has 0 aromatic carbocycles. The Hall–Kier alpha value is -0.340. The molecule has 2 aliphatic rings. The highest BCUT2D eigenvalue weighted by atomic mass is 16.5. The fourth-order valence-corrected chi connectivity index (χ4v) is 3.89. The molecule has 4 atom stereocenters. The predicted molar refractivity (Wildman–Crippen MR) is 85.9 cm³/mol. The van der Waals surface area contributed by atoms with Gasteiger partial charge in [0.2, 0.25) is 0 Å². The lowest BCUT2D eigenvalue weighted by Gasteiger charge is -2.41. The van der Waals surface area contributed by atoms with Crippen molar-refractivity contribution in [3.63, 3.8) is 0 Å². The number of hydrogen-bond donors (Lipinski definition) is 1. The van der Waals surface area contributed by atoms with E-state index >= 15 is 0 Å². The summed E-state index contributed by atoms with van der Waals surface area (Å²) in [7, 11) is 0. The van der Waals surface area contributed by atoms with Gasteiger partial charge in [-0.05, 0) is 71.1 Å². The zero-order valence-corrected chi connectivity index (χ0v) is 14.0. The quantitative estimate of drug-likeness (QED) is 0.783. The summed E-state index contributed by atoms with van der Waals surface area (Å²) in [4.78, 5) is 0. The Balaban J connectivity index is 1.98. The molecule has 1 heterocycles. The zero-order valence-electron chi connectivity index (χ0n) is 14.0. The number of ether oxygens (including phenoxy) is 1. The first kappa shape index (κ1) is 16.0. The van der Waals surface area contributed by atoms with Gasteiger partial charge in [0.25, 0.3) is 0 Å². The lowest BCUT2D eigenvalue weighted by atomic mass is 9.75. The Morgan fingerprint density at radius 2 is 2.10 bits per heavy atom. The molecular weight excluding hydrogens is 246 g/mol. The molecule has 0 radical (unpaired) electrons. The molecule has 20 heavy (non-hydrogen) atoms. The van der Waals surface area contributed by atoms with E-state index in [0.29, 0.717) is 12.0 Å². The van der Waals surface area contributed by atoms with Crippen LogP contribution in [0.4, 0.5) is 0 Å². The first-order valence-corrected chi connectivity index (χ1v) is 8.39. The van der Waals surface area contributed by atoms with Gasteiger partial charge in [0, 0.05) is 18.7 Å². The average molecular weight is 279 g/mol. The van der Waals surface area contributed by atoms with Crippen LogP contribution in [0.1, 0.15) is 60.3 Å². The van der Waals surface area contributed by atoms with Gasteiger partial charge in [-0.15, -0.1) is 0 Å². The minimum Gasteiger partial charge on any atom is -0.378 e. The molecule has 1 aliphatic heterocycles. The SMILES string of the molecule is CC1=CC(C)CC(C2OCCCC2CNC(C)(C)C)C1. The summed E-state index contributed by atoms with van der Waals surface area (Å²) in [6.45, 7) is 13.4. The van der Waals surface area contributed by atoms with E-state index < -0.39 is 0 Å². The van der Waals surface area contributed by atoms with E-state index in [2.05, 4.69) is 46.0 Å². The second kappa shape index (κ2) is 6.62. The third-order valence-electron chi connectivity index (χ3n) is 4.68. The second-order valence-electron chi connectivity index (χ2n) is 8.06. The van der Waals surface area contributed by atoms with Gasteiger partial charge >= 0.3 is 0 Å². The Morgan fingerprint density at radius 1 is 1.35 bits per heavy atom. The number of hydrogen-bond acceptors (Lipinski definition) is 2. The van der Waals surface area contributed by atoms with Gasteiger partial charge in [-0.1, -0.05) is 18.6 Å². The molecule has 1 N–H and O–H groups in total. The van der Waals surface area contributed by atoms with Crippen LogP contribution in [0.25, 0.3) is 0 Å². The first-order valence-electron chi connectivity index (χ1n) is 8.39. The Labute approximate surface area is 125 Å². The van der Waals surface area contributed by atoms with E-state index in [1.54, 1.807) is 5.57 Å². The molecule has 2 rings (SSSR count). The molecule has 1 aliphatic carbocycles. The minimum absolute atomic E-state index is 0.206. The summed E-state index contributed by atoms with van der Waals surface area (Å²) in [6.07, 6.45) is 7.99. The van der Waals surface area contributed by atoms with E-state index in [1.165, 1.54) is 25.7 Å². The highest BCUT2D eigenvalue weighted by Gasteiger charge is 2.35. The molecule has 0 spiro atoms. The van der Waals surface area contributed by atoms with Gasteiger partial charge in [-0.25, -0.2) is 0 Å². The van der Waals surface area contributed by atoms with Crippen LogP contribution < -0.4 is 5.32 Å². The van der Waals surface area contributed by atoms with Gasteiger partial charge < -0.3 is 10.1 Å². The average Bonchev–Trinajstić information content (AvgIpc) is 2.34.